The van der Waals surface area contributed by atoms with Crippen LogP contribution in [0.3, 0.4) is 0 Å². The molecule has 0 aliphatic rings. The van der Waals surface area contributed by atoms with E-state index in [1.807, 2.05) is 30.3 Å². The maximum atomic E-state index is 5.26. The van der Waals surface area contributed by atoms with Gasteiger partial charge in [0.15, 0.2) is 0 Å². The van der Waals surface area contributed by atoms with Crippen molar-refractivity contribution in [2.24, 2.45) is 0 Å². The van der Waals surface area contributed by atoms with E-state index in [2.05, 4.69) is 103 Å². The monoisotopic (exact) mass is 482 g/mol. The van der Waals surface area contributed by atoms with E-state index in [4.69, 9.17) is 9.97 Å². The van der Waals surface area contributed by atoms with Crippen molar-refractivity contribution < 1.29 is 0 Å². The molecule has 0 atom stereocenters. The van der Waals surface area contributed by atoms with Gasteiger partial charge < -0.3 is 0 Å². The second-order valence-electron chi connectivity index (χ2n) is 9.79. The Bertz CT molecular complexity index is 2180. The van der Waals surface area contributed by atoms with Crippen LogP contribution in [0, 0.1) is 0 Å². The lowest BCUT2D eigenvalue weighted by molar-refractivity contribution is 1.30. The molecule has 0 unspecified atom stereocenters. The first-order chi connectivity index (χ1) is 18.8. The molecule has 7 aromatic carbocycles. The number of hydrogen-bond acceptors (Lipinski definition) is 2. The molecule has 0 aliphatic carbocycles. The maximum absolute atomic E-state index is 5.26. The summed E-state index contributed by atoms with van der Waals surface area (Å²) >= 11 is 0. The number of benzene rings is 7. The molecule has 0 N–H and O–H groups in total. The molecular formula is C36H22N2. The molecule has 0 aliphatic heterocycles. The van der Waals surface area contributed by atoms with Gasteiger partial charge in [0.05, 0.1) is 22.4 Å². The molecule has 0 amide bonds. The summed E-state index contributed by atoms with van der Waals surface area (Å²) < 4.78 is 0. The lowest BCUT2D eigenvalue weighted by Crippen LogP contribution is -1.96. The molecule has 0 saturated carbocycles. The summed E-state index contributed by atoms with van der Waals surface area (Å²) in [5.74, 6) is 0. The van der Waals surface area contributed by atoms with Crippen LogP contribution in [0.25, 0.3) is 76.6 Å². The number of hydrogen-bond donors (Lipinski definition) is 0. The van der Waals surface area contributed by atoms with E-state index >= 15 is 0 Å². The summed E-state index contributed by atoms with van der Waals surface area (Å²) in [6.45, 7) is 0. The molecule has 2 heteroatoms. The first kappa shape index (κ1) is 21.0. The van der Waals surface area contributed by atoms with Crippen LogP contribution in [-0.2, 0) is 0 Å². The largest absolute Gasteiger partial charge is 0.244 e. The van der Waals surface area contributed by atoms with E-state index in [0.29, 0.717) is 0 Å². The predicted molar refractivity (Wildman–Crippen MR) is 160 cm³/mol. The lowest BCUT2D eigenvalue weighted by atomic mass is 9.89. The minimum Gasteiger partial charge on any atom is -0.244 e. The van der Waals surface area contributed by atoms with Crippen molar-refractivity contribution in [1.82, 2.24) is 9.97 Å². The van der Waals surface area contributed by atoms with E-state index in [1.54, 1.807) is 0 Å². The molecule has 0 saturated heterocycles. The zero-order valence-corrected chi connectivity index (χ0v) is 20.6. The fourth-order valence-electron chi connectivity index (χ4n) is 5.87. The molecule has 1 aromatic heterocycles. The van der Waals surface area contributed by atoms with Gasteiger partial charge in [0, 0.05) is 11.1 Å². The highest BCUT2D eigenvalue weighted by molar-refractivity contribution is 6.26. The molecule has 176 valence electrons. The Morgan fingerprint density at radius 2 is 0.947 bits per heavy atom. The van der Waals surface area contributed by atoms with Crippen LogP contribution in [-0.4, -0.2) is 9.97 Å². The number of nitrogens with zero attached hydrogens (tertiary/aromatic N) is 2. The number of fused-ring (bicyclic) bond motifs is 8. The van der Waals surface area contributed by atoms with Gasteiger partial charge in [0.25, 0.3) is 0 Å². The quantitative estimate of drug-likeness (QED) is 0.229. The van der Waals surface area contributed by atoms with Crippen LogP contribution in [0.5, 0.6) is 0 Å². The third kappa shape index (κ3) is 3.14. The third-order valence-electron chi connectivity index (χ3n) is 7.62. The van der Waals surface area contributed by atoms with Crippen LogP contribution in [0.15, 0.2) is 133 Å². The molecule has 2 nitrogen and oxygen atoms in total. The van der Waals surface area contributed by atoms with Crippen molar-refractivity contribution in [3.05, 3.63) is 133 Å². The van der Waals surface area contributed by atoms with Crippen LogP contribution in [0.4, 0.5) is 0 Å². The van der Waals surface area contributed by atoms with Crippen LogP contribution >= 0.6 is 0 Å². The van der Waals surface area contributed by atoms with Crippen molar-refractivity contribution in [2.45, 2.75) is 0 Å². The van der Waals surface area contributed by atoms with Crippen molar-refractivity contribution >= 4 is 54.1 Å². The Hall–Kier alpha value is -5.08. The Labute approximate surface area is 219 Å². The zero-order valence-electron chi connectivity index (χ0n) is 20.6. The van der Waals surface area contributed by atoms with E-state index < -0.39 is 0 Å². The van der Waals surface area contributed by atoms with E-state index in [-0.39, 0.29) is 0 Å². The van der Waals surface area contributed by atoms with Crippen molar-refractivity contribution in [3.63, 3.8) is 0 Å². The Morgan fingerprint density at radius 3 is 1.76 bits per heavy atom. The zero-order chi connectivity index (χ0) is 25.1. The van der Waals surface area contributed by atoms with Gasteiger partial charge in [-0.15, -0.1) is 0 Å². The summed E-state index contributed by atoms with van der Waals surface area (Å²) in [5.41, 5.74) is 5.77. The molecular weight excluding hydrogens is 460 g/mol. The molecule has 1 heterocycles. The van der Waals surface area contributed by atoms with Crippen LogP contribution in [0.1, 0.15) is 0 Å². The fraction of sp³-hybridized carbons (Fsp3) is 0. The van der Waals surface area contributed by atoms with Gasteiger partial charge in [-0.3, -0.25) is 0 Å². The average Bonchev–Trinajstić information content (AvgIpc) is 3.00. The summed E-state index contributed by atoms with van der Waals surface area (Å²) in [7, 11) is 0. The van der Waals surface area contributed by atoms with Crippen molar-refractivity contribution in [1.29, 1.82) is 0 Å². The molecule has 8 aromatic rings. The van der Waals surface area contributed by atoms with Gasteiger partial charge in [-0.1, -0.05) is 115 Å². The second-order valence-corrected chi connectivity index (χ2v) is 9.79. The van der Waals surface area contributed by atoms with Crippen LogP contribution in [0.2, 0.25) is 0 Å². The van der Waals surface area contributed by atoms with Gasteiger partial charge in [0.2, 0.25) is 0 Å². The Kier molecular flexibility index (Phi) is 4.55. The van der Waals surface area contributed by atoms with Gasteiger partial charge in [-0.05, 0) is 61.3 Å². The molecule has 38 heavy (non-hydrogen) atoms. The van der Waals surface area contributed by atoms with E-state index in [1.165, 1.54) is 43.1 Å². The maximum Gasteiger partial charge on any atom is 0.0979 e. The smallest absolute Gasteiger partial charge is 0.0979 e. The first-order valence-electron chi connectivity index (χ1n) is 12.9. The minimum atomic E-state index is 0.898. The summed E-state index contributed by atoms with van der Waals surface area (Å²) in [4.78, 5) is 10.4. The van der Waals surface area contributed by atoms with Gasteiger partial charge in [0.1, 0.15) is 0 Å². The minimum absolute atomic E-state index is 0.898. The van der Waals surface area contributed by atoms with Crippen molar-refractivity contribution in [2.75, 3.05) is 0 Å². The standard InChI is InChI=1S/C36H22N2/c1-2-11-25(12-3-1)35-36(38-33-17-9-8-16-32(33)37-35)31-22-30-29(27-14-6-7-15-28(27)31)21-20-24-19-18-23-10-4-5-13-26(23)34(24)30/h1-22H. The molecule has 0 bridgehead atoms. The second kappa shape index (κ2) is 8.22. The Balaban J connectivity index is 1.58. The summed E-state index contributed by atoms with van der Waals surface area (Å²) in [5, 5.41) is 9.94. The number of rotatable bonds is 2. The molecule has 0 radical (unpaired) electrons. The van der Waals surface area contributed by atoms with Crippen molar-refractivity contribution in [3.8, 4) is 22.5 Å². The summed E-state index contributed by atoms with van der Waals surface area (Å²) in [6.07, 6.45) is 0. The van der Waals surface area contributed by atoms with E-state index in [9.17, 15) is 0 Å². The van der Waals surface area contributed by atoms with Gasteiger partial charge >= 0.3 is 0 Å². The summed E-state index contributed by atoms with van der Waals surface area (Å²) in [6, 6.07) is 47.2. The van der Waals surface area contributed by atoms with Gasteiger partial charge in [-0.25, -0.2) is 9.97 Å². The van der Waals surface area contributed by atoms with Gasteiger partial charge in [-0.2, -0.15) is 0 Å². The molecule has 0 fully saturated rings. The average molecular weight is 483 g/mol. The highest BCUT2D eigenvalue weighted by atomic mass is 14.8. The third-order valence-corrected chi connectivity index (χ3v) is 7.62. The van der Waals surface area contributed by atoms with E-state index in [0.717, 1.165) is 33.5 Å². The number of aromatic nitrogens is 2. The normalized spacial score (nSPS) is 11.7. The topological polar surface area (TPSA) is 25.8 Å². The fourth-order valence-corrected chi connectivity index (χ4v) is 5.87. The van der Waals surface area contributed by atoms with Crippen LogP contribution < -0.4 is 0 Å². The number of para-hydroxylation sites is 2. The first-order valence-corrected chi connectivity index (χ1v) is 12.9. The molecule has 0 spiro atoms. The molecule has 8 rings (SSSR count). The highest BCUT2D eigenvalue weighted by Gasteiger charge is 2.18. The highest BCUT2D eigenvalue weighted by Crippen LogP contribution is 2.42. The SMILES string of the molecule is c1ccc(-c2nc3ccccc3nc2-c2cc3c(ccc4ccc5ccccc5c43)c3ccccc23)cc1. The lowest BCUT2D eigenvalue weighted by Gasteiger charge is -2.16. The predicted octanol–water partition coefficient (Wildman–Crippen LogP) is 9.58. The Morgan fingerprint density at radius 1 is 0.368 bits per heavy atom.